The zero-order valence-corrected chi connectivity index (χ0v) is 11.8. The van der Waals surface area contributed by atoms with Crippen LogP contribution < -0.4 is 10.6 Å². The van der Waals surface area contributed by atoms with Gasteiger partial charge in [0.2, 0.25) is 0 Å². The number of pyridine rings is 1. The molecule has 0 amide bonds. The van der Waals surface area contributed by atoms with E-state index in [1.807, 2.05) is 13.1 Å². The Bertz CT molecular complexity index is 366. The molecule has 1 atom stereocenters. The first-order valence-corrected chi connectivity index (χ1v) is 7.06. The second-order valence-corrected chi connectivity index (χ2v) is 5.84. The molecule has 100 valence electrons. The molecule has 1 fully saturated rings. The smallest absolute Gasteiger partial charge is 0.0569 e. The molecule has 18 heavy (non-hydrogen) atoms. The molecule has 2 rings (SSSR count). The normalized spacial score (nSPS) is 16.9. The van der Waals surface area contributed by atoms with Crippen LogP contribution in [0.5, 0.6) is 0 Å². The van der Waals surface area contributed by atoms with Gasteiger partial charge < -0.3 is 10.6 Å². The van der Waals surface area contributed by atoms with Crippen molar-refractivity contribution >= 4 is 5.69 Å². The maximum Gasteiger partial charge on any atom is 0.0569 e. The molecule has 1 aliphatic rings. The molecular formula is C15H25N3. The van der Waals surface area contributed by atoms with Crippen LogP contribution in [0.15, 0.2) is 18.3 Å². The van der Waals surface area contributed by atoms with Crippen LogP contribution in [0.2, 0.25) is 0 Å². The maximum atomic E-state index is 5.83. The van der Waals surface area contributed by atoms with Crippen LogP contribution in [0.25, 0.3) is 0 Å². The van der Waals surface area contributed by atoms with E-state index in [-0.39, 0.29) is 6.04 Å². The highest BCUT2D eigenvalue weighted by Gasteiger charge is 2.29. The van der Waals surface area contributed by atoms with Gasteiger partial charge in [-0.05, 0) is 44.2 Å². The predicted molar refractivity (Wildman–Crippen MR) is 76.7 cm³/mol. The van der Waals surface area contributed by atoms with E-state index in [1.165, 1.54) is 24.9 Å². The van der Waals surface area contributed by atoms with Gasteiger partial charge in [0.15, 0.2) is 0 Å². The van der Waals surface area contributed by atoms with Crippen molar-refractivity contribution in [2.45, 2.75) is 52.1 Å². The number of nitrogens with two attached hydrogens (primary N) is 1. The second kappa shape index (κ2) is 5.70. The molecule has 1 heterocycles. The summed E-state index contributed by atoms with van der Waals surface area (Å²) in [6, 6.07) is 4.99. The summed E-state index contributed by atoms with van der Waals surface area (Å²) in [5.41, 5.74) is 8.06. The standard InChI is InChI=1S/C15H25N3/c1-11(2)8-9-18(13-4-5-13)14-6-7-15(12(3)16)17-10-14/h6-7,10-13H,4-5,8-9,16H2,1-3H3/t12-/m0/s1. The van der Waals surface area contributed by atoms with Crippen LogP contribution in [-0.4, -0.2) is 17.6 Å². The Labute approximate surface area is 110 Å². The molecule has 0 aromatic carbocycles. The lowest BCUT2D eigenvalue weighted by Gasteiger charge is -2.25. The number of hydrogen-bond acceptors (Lipinski definition) is 3. The Kier molecular flexibility index (Phi) is 4.23. The summed E-state index contributed by atoms with van der Waals surface area (Å²) in [6.45, 7) is 7.67. The molecule has 1 saturated carbocycles. The summed E-state index contributed by atoms with van der Waals surface area (Å²) < 4.78 is 0. The van der Waals surface area contributed by atoms with Crippen molar-refractivity contribution in [2.75, 3.05) is 11.4 Å². The predicted octanol–water partition coefficient (Wildman–Crippen LogP) is 3.12. The number of nitrogens with zero attached hydrogens (tertiary/aromatic N) is 2. The lowest BCUT2D eigenvalue weighted by Crippen LogP contribution is -2.28. The lowest BCUT2D eigenvalue weighted by molar-refractivity contribution is 0.570. The van der Waals surface area contributed by atoms with Gasteiger partial charge in [-0.25, -0.2) is 0 Å². The van der Waals surface area contributed by atoms with Gasteiger partial charge in [0.1, 0.15) is 0 Å². The molecular weight excluding hydrogens is 222 g/mol. The van der Waals surface area contributed by atoms with E-state index in [9.17, 15) is 0 Å². The second-order valence-electron chi connectivity index (χ2n) is 5.84. The van der Waals surface area contributed by atoms with Crippen molar-refractivity contribution < 1.29 is 0 Å². The molecule has 1 aliphatic carbocycles. The van der Waals surface area contributed by atoms with Gasteiger partial charge >= 0.3 is 0 Å². The fraction of sp³-hybridized carbons (Fsp3) is 0.667. The quantitative estimate of drug-likeness (QED) is 0.840. The van der Waals surface area contributed by atoms with E-state index in [1.54, 1.807) is 0 Å². The Hall–Kier alpha value is -1.09. The fourth-order valence-electron chi connectivity index (χ4n) is 2.14. The first kappa shape index (κ1) is 13.3. The first-order valence-electron chi connectivity index (χ1n) is 7.06. The van der Waals surface area contributed by atoms with E-state index in [2.05, 4.69) is 35.9 Å². The van der Waals surface area contributed by atoms with E-state index < -0.39 is 0 Å². The lowest BCUT2D eigenvalue weighted by atomic mass is 10.1. The first-order chi connectivity index (χ1) is 8.58. The molecule has 3 heteroatoms. The van der Waals surface area contributed by atoms with E-state index in [0.29, 0.717) is 0 Å². The van der Waals surface area contributed by atoms with Crippen LogP contribution >= 0.6 is 0 Å². The summed E-state index contributed by atoms with van der Waals surface area (Å²) in [5.74, 6) is 0.752. The topological polar surface area (TPSA) is 42.1 Å². The Morgan fingerprint density at radius 1 is 1.33 bits per heavy atom. The van der Waals surface area contributed by atoms with Crippen LogP contribution in [0.1, 0.15) is 51.8 Å². The molecule has 0 saturated heterocycles. The van der Waals surface area contributed by atoms with Crippen LogP contribution in [0.3, 0.4) is 0 Å². The van der Waals surface area contributed by atoms with Crippen molar-refractivity contribution in [1.82, 2.24) is 4.98 Å². The highest BCUT2D eigenvalue weighted by molar-refractivity contribution is 5.47. The minimum atomic E-state index is 0.0177. The molecule has 1 aromatic heterocycles. The van der Waals surface area contributed by atoms with Gasteiger partial charge in [-0.2, -0.15) is 0 Å². The summed E-state index contributed by atoms with van der Waals surface area (Å²) in [4.78, 5) is 6.98. The summed E-state index contributed by atoms with van der Waals surface area (Å²) in [6.07, 6.45) is 5.88. The molecule has 0 spiro atoms. The highest BCUT2D eigenvalue weighted by Crippen LogP contribution is 2.32. The Balaban J connectivity index is 2.05. The van der Waals surface area contributed by atoms with Gasteiger partial charge in [0.05, 0.1) is 17.6 Å². The van der Waals surface area contributed by atoms with Gasteiger partial charge in [-0.3, -0.25) is 4.98 Å². The average Bonchev–Trinajstić information content (AvgIpc) is 3.14. The number of rotatable bonds is 6. The SMILES string of the molecule is CC(C)CCN(c1ccc([C@H](C)N)nc1)C1CC1. The summed E-state index contributed by atoms with van der Waals surface area (Å²) in [7, 11) is 0. The Morgan fingerprint density at radius 3 is 2.50 bits per heavy atom. The number of anilines is 1. The highest BCUT2D eigenvalue weighted by atomic mass is 15.2. The fourth-order valence-corrected chi connectivity index (χ4v) is 2.14. The van der Waals surface area contributed by atoms with Crippen LogP contribution in [0, 0.1) is 5.92 Å². The van der Waals surface area contributed by atoms with E-state index >= 15 is 0 Å². The number of hydrogen-bond donors (Lipinski definition) is 1. The van der Waals surface area contributed by atoms with Crippen molar-refractivity contribution in [3.63, 3.8) is 0 Å². The van der Waals surface area contributed by atoms with Gasteiger partial charge in [-0.1, -0.05) is 13.8 Å². The van der Waals surface area contributed by atoms with Crippen molar-refractivity contribution in [3.05, 3.63) is 24.0 Å². The van der Waals surface area contributed by atoms with Crippen molar-refractivity contribution in [3.8, 4) is 0 Å². The zero-order valence-electron chi connectivity index (χ0n) is 11.8. The molecule has 3 nitrogen and oxygen atoms in total. The van der Waals surface area contributed by atoms with Gasteiger partial charge in [0.25, 0.3) is 0 Å². The third-order valence-electron chi connectivity index (χ3n) is 3.50. The molecule has 0 aliphatic heterocycles. The van der Waals surface area contributed by atoms with E-state index in [0.717, 1.165) is 24.2 Å². The van der Waals surface area contributed by atoms with Crippen molar-refractivity contribution in [1.29, 1.82) is 0 Å². The maximum absolute atomic E-state index is 5.83. The molecule has 0 unspecified atom stereocenters. The van der Waals surface area contributed by atoms with E-state index in [4.69, 9.17) is 5.73 Å². The van der Waals surface area contributed by atoms with Gasteiger partial charge in [-0.15, -0.1) is 0 Å². The third kappa shape index (κ3) is 3.45. The largest absolute Gasteiger partial charge is 0.367 e. The van der Waals surface area contributed by atoms with Crippen LogP contribution in [-0.2, 0) is 0 Å². The minimum absolute atomic E-state index is 0.0177. The molecule has 0 radical (unpaired) electrons. The monoisotopic (exact) mass is 247 g/mol. The summed E-state index contributed by atoms with van der Waals surface area (Å²) >= 11 is 0. The average molecular weight is 247 g/mol. The van der Waals surface area contributed by atoms with Crippen molar-refractivity contribution in [2.24, 2.45) is 11.7 Å². The summed E-state index contributed by atoms with van der Waals surface area (Å²) in [5, 5.41) is 0. The molecule has 1 aromatic rings. The van der Waals surface area contributed by atoms with Gasteiger partial charge in [0, 0.05) is 18.6 Å². The molecule has 2 N–H and O–H groups in total. The molecule has 0 bridgehead atoms. The Morgan fingerprint density at radius 2 is 2.06 bits per heavy atom. The third-order valence-corrected chi connectivity index (χ3v) is 3.50. The zero-order chi connectivity index (χ0) is 13.1. The minimum Gasteiger partial charge on any atom is -0.367 e. The van der Waals surface area contributed by atoms with Crippen LogP contribution in [0.4, 0.5) is 5.69 Å². The number of aromatic nitrogens is 1.